The van der Waals surface area contributed by atoms with Crippen molar-refractivity contribution >= 4 is 22.4 Å². The standard InChI is InChI=1S/C15H16N4O3S/c1-9-17-18-15(23-9)19-7-10(8-19)16-14(20)11-3-2-4-12-13(11)22-6-5-21-12/h2-4,10H,5-8H2,1H3,(H,16,20). The normalized spacial score (nSPS) is 16.8. The number of aryl methyl sites for hydroxylation is 1. The first kappa shape index (κ1) is 14.3. The number of carbonyl (C=O) groups is 1. The quantitative estimate of drug-likeness (QED) is 0.911. The fourth-order valence-electron chi connectivity index (χ4n) is 2.66. The lowest BCUT2D eigenvalue weighted by Crippen LogP contribution is -2.59. The second kappa shape index (κ2) is 5.69. The van der Waals surface area contributed by atoms with Crippen molar-refractivity contribution in [2.45, 2.75) is 13.0 Å². The van der Waals surface area contributed by atoms with Gasteiger partial charge in [0.15, 0.2) is 11.5 Å². The van der Waals surface area contributed by atoms with Crippen LogP contribution in [0.25, 0.3) is 0 Å². The highest BCUT2D eigenvalue weighted by Crippen LogP contribution is 2.33. The molecule has 1 aromatic heterocycles. The van der Waals surface area contributed by atoms with Gasteiger partial charge in [0.2, 0.25) is 5.13 Å². The smallest absolute Gasteiger partial charge is 0.255 e. The highest BCUT2D eigenvalue weighted by molar-refractivity contribution is 7.15. The van der Waals surface area contributed by atoms with Crippen LogP contribution in [0.1, 0.15) is 15.4 Å². The molecule has 0 radical (unpaired) electrons. The molecule has 0 saturated carbocycles. The number of amides is 1. The van der Waals surface area contributed by atoms with Gasteiger partial charge in [0.25, 0.3) is 5.91 Å². The lowest BCUT2D eigenvalue weighted by atomic mass is 10.1. The zero-order valence-electron chi connectivity index (χ0n) is 12.6. The molecule has 3 heterocycles. The molecule has 8 heteroatoms. The summed E-state index contributed by atoms with van der Waals surface area (Å²) >= 11 is 1.56. The van der Waals surface area contributed by atoms with Crippen LogP contribution in [0, 0.1) is 6.92 Å². The highest BCUT2D eigenvalue weighted by atomic mass is 32.1. The van der Waals surface area contributed by atoms with Crippen molar-refractivity contribution in [2.24, 2.45) is 0 Å². The number of hydrogen-bond acceptors (Lipinski definition) is 7. The second-order valence-electron chi connectivity index (χ2n) is 5.51. The first-order chi connectivity index (χ1) is 11.2. The van der Waals surface area contributed by atoms with Gasteiger partial charge in [0, 0.05) is 13.1 Å². The minimum absolute atomic E-state index is 0.104. The molecule has 2 aliphatic heterocycles. The van der Waals surface area contributed by atoms with Gasteiger partial charge in [-0.15, -0.1) is 10.2 Å². The molecule has 0 aliphatic carbocycles. The van der Waals surface area contributed by atoms with E-state index in [2.05, 4.69) is 20.4 Å². The number of nitrogens with zero attached hydrogens (tertiary/aromatic N) is 3. The maximum absolute atomic E-state index is 12.5. The van der Waals surface area contributed by atoms with Crippen molar-refractivity contribution in [3.63, 3.8) is 0 Å². The van der Waals surface area contributed by atoms with Crippen molar-refractivity contribution in [3.05, 3.63) is 28.8 Å². The lowest BCUT2D eigenvalue weighted by Gasteiger charge is -2.39. The Kier molecular flexibility index (Phi) is 3.53. The molecule has 4 rings (SSSR count). The Labute approximate surface area is 137 Å². The van der Waals surface area contributed by atoms with Gasteiger partial charge in [0.05, 0.1) is 11.6 Å². The summed E-state index contributed by atoms with van der Waals surface area (Å²) in [6.45, 7) is 4.39. The van der Waals surface area contributed by atoms with Crippen molar-refractivity contribution < 1.29 is 14.3 Å². The first-order valence-corrected chi connectivity index (χ1v) is 8.27. The molecule has 0 atom stereocenters. The zero-order valence-corrected chi connectivity index (χ0v) is 13.4. The Bertz CT molecular complexity index is 742. The van der Waals surface area contributed by atoms with E-state index in [1.165, 1.54) is 0 Å². The highest BCUT2D eigenvalue weighted by Gasteiger charge is 2.31. The number of ether oxygens (including phenoxy) is 2. The van der Waals surface area contributed by atoms with Crippen LogP contribution in [0.3, 0.4) is 0 Å². The molecule has 2 aliphatic rings. The minimum Gasteiger partial charge on any atom is -0.486 e. The summed E-state index contributed by atoms with van der Waals surface area (Å²) in [5, 5.41) is 13.0. The molecular formula is C15H16N4O3S. The lowest BCUT2D eigenvalue weighted by molar-refractivity contribution is 0.0919. The van der Waals surface area contributed by atoms with Crippen LogP contribution < -0.4 is 19.7 Å². The Hall–Kier alpha value is -2.35. The van der Waals surface area contributed by atoms with E-state index in [9.17, 15) is 4.79 Å². The predicted octanol–water partition coefficient (Wildman–Crippen LogP) is 1.24. The van der Waals surface area contributed by atoms with Crippen molar-refractivity contribution in [1.82, 2.24) is 15.5 Å². The maximum Gasteiger partial charge on any atom is 0.255 e. The molecule has 23 heavy (non-hydrogen) atoms. The molecule has 1 saturated heterocycles. The third kappa shape index (κ3) is 2.70. The summed E-state index contributed by atoms with van der Waals surface area (Å²) in [6, 6.07) is 5.48. The van der Waals surface area contributed by atoms with Crippen LogP contribution >= 0.6 is 11.3 Å². The summed E-state index contributed by atoms with van der Waals surface area (Å²) in [6.07, 6.45) is 0. The number of nitrogens with one attached hydrogen (secondary N) is 1. The SMILES string of the molecule is Cc1nnc(N2CC(NC(=O)c3cccc4c3OCCO4)C2)s1. The number of anilines is 1. The Morgan fingerprint density at radius 1 is 1.30 bits per heavy atom. The molecule has 0 bridgehead atoms. The van der Waals surface area contributed by atoms with Gasteiger partial charge >= 0.3 is 0 Å². The predicted molar refractivity (Wildman–Crippen MR) is 85.5 cm³/mol. The zero-order chi connectivity index (χ0) is 15.8. The number of aromatic nitrogens is 2. The third-order valence-electron chi connectivity index (χ3n) is 3.81. The van der Waals surface area contributed by atoms with Gasteiger partial charge in [-0.2, -0.15) is 0 Å². The van der Waals surface area contributed by atoms with Crippen molar-refractivity contribution in [3.8, 4) is 11.5 Å². The maximum atomic E-state index is 12.5. The van der Waals surface area contributed by atoms with E-state index >= 15 is 0 Å². The number of para-hydroxylation sites is 1. The number of rotatable bonds is 3. The molecule has 0 spiro atoms. The van der Waals surface area contributed by atoms with Gasteiger partial charge in [-0.25, -0.2) is 0 Å². The van der Waals surface area contributed by atoms with Crippen LogP contribution in [-0.2, 0) is 0 Å². The van der Waals surface area contributed by atoms with E-state index in [1.807, 2.05) is 13.0 Å². The van der Waals surface area contributed by atoms with E-state index in [0.717, 1.165) is 23.2 Å². The Balaban J connectivity index is 1.40. The number of benzene rings is 1. The minimum atomic E-state index is -0.134. The monoisotopic (exact) mass is 332 g/mol. The number of carbonyl (C=O) groups excluding carboxylic acids is 1. The van der Waals surface area contributed by atoms with Crippen LogP contribution in [0.4, 0.5) is 5.13 Å². The fourth-order valence-corrected chi connectivity index (χ4v) is 3.36. The summed E-state index contributed by atoms with van der Waals surface area (Å²) < 4.78 is 11.1. The van der Waals surface area contributed by atoms with Gasteiger partial charge < -0.3 is 19.7 Å². The van der Waals surface area contributed by atoms with Gasteiger partial charge in [-0.1, -0.05) is 17.4 Å². The number of hydrogen-bond donors (Lipinski definition) is 1. The Morgan fingerprint density at radius 3 is 2.91 bits per heavy atom. The molecule has 1 aromatic carbocycles. The van der Waals surface area contributed by atoms with E-state index in [-0.39, 0.29) is 11.9 Å². The van der Waals surface area contributed by atoms with Gasteiger partial charge in [-0.3, -0.25) is 4.79 Å². The van der Waals surface area contributed by atoms with Crippen molar-refractivity contribution in [1.29, 1.82) is 0 Å². The van der Waals surface area contributed by atoms with Crippen LogP contribution in [0.5, 0.6) is 11.5 Å². The van der Waals surface area contributed by atoms with E-state index in [0.29, 0.717) is 30.3 Å². The molecule has 120 valence electrons. The molecular weight excluding hydrogens is 316 g/mol. The summed E-state index contributed by atoms with van der Waals surface area (Å²) in [5.74, 6) is 1.03. The summed E-state index contributed by atoms with van der Waals surface area (Å²) in [7, 11) is 0. The summed E-state index contributed by atoms with van der Waals surface area (Å²) in [5.41, 5.74) is 0.521. The van der Waals surface area contributed by atoms with Crippen LogP contribution in [0.2, 0.25) is 0 Å². The first-order valence-electron chi connectivity index (χ1n) is 7.45. The molecule has 1 N–H and O–H groups in total. The number of fused-ring (bicyclic) bond motifs is 1. The van der Waals surface area contributed by atoms with Crippen LogP contribution in [-0.4, -0.2) is 48.4 Å². The largest absolute Gasteiger partial charge is 0.486 e. The third-order valence-corrected chi connectivity index (χ3v) is 4.71. The van der Waals surface area contributed by atoms with Crippen molar-refractivity contribution in [2.75, 3.05) is 31.2 Å². The Morgan fingerprint density at radius 2 is 2.13 bits per heavy atom. The average Bonchev–Trinajstić information content (AvgIpc) is 2.95. The fraction of sp³-hybridized carbons (Fsp3) is 0.400. The average molecular weight is 332 g/mol. The van der Waals surface area contributed by atoms with Crippen LogP contribution in [0.15, 0.2) is 18.2 Å². The second-order valence-corrected chi connectivity index (χ2v) is 6.67. The van der Waals surface area contributed by atoms with E-state index in [1.54, 1.807) is 23.5 Å². The molecule has 1 fully saturated rings. The molecule has 7 nitrogen and oxygen atoms in total. The van der Waals surface area contributed by atoms with Gasteiger partial charge in [-0.05, 0) is 19.1 Å². The molecule has 0 unspecified atom stereocenters. The topological polar surface area (TPSA) is 76.6 Å². The van der Waals surface area contributed by atoms with Gasteiger partial charge in [0.1, 0.15) is 18.2 Å². The summed E-state index contributed by atoms with van der Waals surface area (Å²) in [4.78, 5) is 14.6. The molecule has 2 aromatic rings. The van der Waals surface area contributed by atoms with E-state index < -0.39 is 0 Å². The molecule has 1 amide bonds. The van der Waals surface area contributed by atoms with E-state index in [4.69, 9.17) is 9.47 Å².